The summed E-state index contributed by atoms with van der Waals surface area (Å²) >= 11 is 3.18. The van der Waals surface area contributed by atoms with E-state index >= 15 is 0 Å². The van der Waals surface area contributed by atoms with Gasteiger partial charge in [-0.1, -0.05) is 6.07 Å². The third kappa shape index (κ3) is 1.80. The number of nitrogens with zero attached hydrogens (tertiary/aromatic N) is 1. The lowest BCUT2D eigenvalue weighted by atomic mass is 10.2. The average molecular weight is 210 g/mol. The molecule has 68 valence electrons. The first-order chi connectivity index (χ1) is 6.27. The van der Waals surface area contributed by atoms with Gasteiger partial charge in [-0.25, -0.2) is 0 Å². The normalized spacial score (nSPS) is 13.1. The Morgan fingerprint density at radius 1 is 1.46 bits per heavy atom. The van der Waals surface area contributed by atoms with E-state index in [1.807, 2.05) is 18.4 Å². The van der Waals surface area contributed by atoms with Gasteiger partial charge in [0.15, 0.2) is 0 Å². The second-order valence-corrected chi connectivity index (χ2v) is 4.68. The first-order valence-corrected chi connectivity index (χ1v) is 5.65. The van der Waals surface area contributed by atoms with Crippen LogP contribution in [0.3, 0.4) is 0 Å². The van der Waals surface area contributed by atoms with Crippen LogP contribution in [0.5, 0.6) is 0 Å². The zero-order valence-electron chi connectivity index (χ0n) is 7.23. The third-order valence-corrected chi connectivity index (χ3v) is 3.72. The number of aryl methyl sites for hydroxylation is 1. The summed E-state index contributed by atoms with van der Waals surface area (Å²) in [5.41, 5.74) is 7.10. The molecule has 0 amide bonds. The molecule has 0 fully saturated rings. The fraction of sp³-hybridized carbons (Fsp3) is 0.222. The van der Waals surface area contributed by atoms with E-state index in [0.717, 1.165) is 10.6 Å². The smallest absolute Gasteiger partial charge is 0.0756 e. The summed E-state index contributed by atoms with van der Waals surface area (Å²) < 4.78 is 4.21. The van der Waals surface area contributed by atoms with Gasteiger partial charge >= 0.3 is 0 Å². The largest absolute Gasteiger partial charge is 0.319 e. The molecule has 13 heavy (non-hydrogen) atoms. The lowest BCUT2D eigenvalue weighted by Gasteiger charge is -2.04. The van der Waals surface area contributed by atoms with Crippen LogP contribution < -0.4 is 5.73 Å². The molecule has 2 N–H and O–H groups in total. The molecule has 0 aliphatic carbocycles. The van der Waals surface area contributed by atoms with Crippen molar-refractivity contribution in [3.8, 4) is 0 Å². The molecular weight excluding hydrogens is 200 g/mol. The molecule has 1 atom stereocenters. The molecule has 2 aromatic heterocycles. The van der Waals surface area contributed by atoms with E-state index in [4.69, 9.17) is 5.73 Å². The Morgan fingerprint density at radius 3 is 2.85 bits per heavy atom. The molecule has 2 heterocycles. The van der Waals surface area contributed by atoms with Crippen LogP contribution in [0, 0.1) is 6.92 Å². The van der Waals surface area contributed by atoms with Crippen molar-refractivity contribution in [2.24, 2.45) is 5.73 Å². The van der Waals surface area contributed by atoms with Crippen molar-refractivity contribution in [2.75, 3.05) is 0 Å². The van der Waals surface area contributed by atoms with Crippen LogP contribution in [0.25, 0.3) is 0 Å². The van der Waals surface area contributed by atoms with Gasteiger partial charge in [-0.15, -0.1) is 11.3 Å². The molecule has 2 aromatic rings. The van der Waals surface area contributed by atoms with Crippen molar-refractivity contribution < 1.29 is 0 Å². The molecule has 0 aliphatic heterocycles. The van der Waals surface area contributed by atoms with Gasteiger partial charge in [0, 0.05) is 9.75 Å². The highest BCUT2D eigenvalue weighted by Gasteiger charge is 2.11. The van der Waals surface area contributed by atoms with Crippen molar-refractivity contribution in [3.63, 3.8) is 0 Å². The molecule has 0 bridgehead atoms. The minimum absolute atomic E-state index is 0.00574. The standard InChI is InChI=1S/C9H10N2S2/c1-6-5-8(13-11-6)9(10)7-3-2-4-12-7/h2-5,9H,10H2,1H3. The highest BCUT2D eigenvalue weighted by molar-refractivity contribution is 7.10. The van der Waals surface area contributed by atoms with Gasteiger partial charge in [-0.05, 0) is 36.0 Å². The number of nitrogens with two attached hydrogens (primary N) is 1. The van der Waals surface area contributed by atoms with E-state index in [2.05, 4.69) is 16.5 Å². The van der Waals surface area contributed by atoms with Crippen LogP contribution >= 0.6 is 22.9 Å². The minimum atomic E-state index is 0.00574. The second kappa shape index (κ2) is 3.57. The van der Waals surface area contributed by atoms with Crippen LogP contribution in [-0.4, -0.2) is 4.37 Å². The van der Waals surface area contributed by atoms with E-state index in [-0.39, 0.29) is 6.04 Å². The van der Waals surface area contributed by atoms with Crippen LogP contribution in [0.1, 0.15) is 21.5 Å². The van der Waals surface area contributed by atoms with E-state index in [1.165, 1.54) is 16.4 Å². The maximum absolute atomic E-state index is 6.05. The lowest BCUT2D eigenvalue weighted by molar-refractivity contribution is 0.916. The maximum atomic E-state index is 6.05. The molecule has 0 spiro atoms. The molecule has 0 saturated carbocycles. The Hall–Kier alpha value is -0.710. The van der Waals surface area contributed by atoms with Crippen LogP contribution in [0.15, 0.2) is 23.6 Å². The van der Waals surface area contributed by atoms with E-state index in [0.29, 0.717) is 0 Å². The Balaban J connectivity index is 2.28. The summed E-state index contributed by atoms with van der Waals surface area (Å²) in [6.07, 6.45) is 0. The molecular formula is C9H10N2S2. The highest BCUT2D eigenvalue weighted by atomic mass is 32.1. The first kappa shape index (κ1) is 8.87. The Morgan fingerprint density at radius 2 is 2.31 bits per heavy atom. The van der Waals surface area contributed by atoms with Gasteiger partial charge in [-0.2, -0.15) is 4.37 Å². The van der Waals surface area contributed by atoms with Crippen molar-refractivity contribution in [2.45, 2.75) is 13.0 Å². The summed E-state index contributed by atoms with van der Waals surface area (Å²) in [7, 11) is 0. The zero-order chi connectivity index (χ0) is 9.26. The number of aromatic nitrogens is 1. The number of rotatable bonds is 2. The molecule has 1 unspecified atom stereocenters. The Kier molecular flexibility index (Phi) is 2.44. The van der Waals surface area contributed by atoms with Crippen molar-refractivity contribution >= 4 is 22.9 Å². The van der Waals surface area contributed by atoms with Gasteiger partial charge in [0.05, 0.1) is 11.7 Å². The highest BCUT2D eigenvalue weighted by Crippen LogP contribution is 2.26. The van der Waals surface area contributed by atoms with Crippen molar-refractivity contribution in [1.29, 1.82) is 0 Å². The number of hydrogen-bond acceptors (Lipinski definition) is 4. The van der Waals surface area contributed by atoms with Gasteiger partial charge in [0.1, 0.15) is 0 Å². The second-order valence-electron chi connectivity index (χ2n) is 2.86. The summed E-state index contributed by atoms with van der Waals surface area (Å²) in [5, 5.41) is 2.04. The lowest BCUT2D eigenvalue weighted by Crippen LogP contribution is -2.07. The van der Waals surface area contributed by atoms with E-state index in [1.54, 1.807) is 11.3 Å². The zero-order valence-corrected chi connectivity index (χ0v) is 8.86. The summed E-state index contributed by atoms with van der Waals surface area (Å²) in [5.74, 6) is 0. The molecule has 0 aliphatic rings. The predicted octanol–water partition coefficient (Wildman–Crippen LogP) is 2.56. The van der Waals surface area contributed by atoms with Gasteiger partial charge in [0.2, 0.25) is 0 Å². The van der Waals surface area contributed by atoms with Crippen LogP contribution in [0.2, 0.25) is 0 Å². The number of hydrogen-bond donors (Lipinski definition) is 1. The Bertz CT molecular complexity index is 378. The summed E-state index contributed by atoms with van der Waals surface area (Å²) in [6.45, 7) is 1.99. The fourth-order valence-electron chi connectivity index (χ4n) is 1.14. The van der Waals surface area contributed by atoms with Gasteiger partial charge < -0.3 is 5.73 Å². The topological polar surface area (TPSA) is 38.9 Å². The molecule has 2 rings (SSSR count). The van der Waals surface area contributed by atoms with Crippen molar-refractivity contribution in [1.82, 2.24) is 4.37 Å². The van der Waals surface area contributed by atoms with Gasteiger partial charge in [-0.3, -0.25) is 0 Å². The summed E-state index contributed by atoms with van der Waals surface area (Å²) in [6, 6.07) is 6.14. The molecule has 2 nitrogen and oxygen atoms in total. The van der Waals surface area contributed by atoms with Crippen LogP contribution in [0.4, 0.5) is 0 Å². The molecule has 0 aromatic carbocycles. The quantitative estimate of drug-likeness (QED) is 0.827. The van der Waals surface area contributed by atoms with E-state index < -0.39 is 0 Å². The number of thiophene rings is 1. The monoisotopic (exact) mass is 210 g/mol. The first-order valence-electron chi connectivity index (χ1n) is 3.99. The Labute approximate surface area is 85.2 Å². The van der Waals surface area contributed by atoms with Crippen LogP contribution in [-0.2, 0) is 0 Å². The fourth-order valence-corrected chi connectivity index (χ4v) is 2.72. The average Bonchev–Trinajstić information content (AvgIpc) is 2.72. The SMILES string of the molecule is Cc1cc(C(N)c2cccs2)sn1. The minimum Gasteiger partial charge on any atom is -0.319 e. The molecule has 0 saturated heterocycles. The summed E-state index contributed by atoms with van der Waals surface area (Å²) in [4.78, 5) is 2.34. The molecule has 4 heteroatoms. The van der Waals surface area contributed by atoms with E-state index in [9.17, 15) is 0 Å². The van der Waals surface area contributed by atoms with Gasteiger partial charge in [0.25, 0.3) is 0 Å². The predicted molar refractivity (Wildman–Crippen MR) is 57.2 cm³/mol. The third-order valence-electron chi connectivity index (χ3n) is 1.80. The van der Waals surface area contributed by atoms with Crippen molar-refractivity contribution in [3.05, 3.63) is 39.0 Å². The maximum Gasteiger partial charge on any atom is 0.0756 e. The molecule has 0 radical (unpaired) electrons.